The first-order valence-corrected chi connectivity index (χ1v) is 5.75. The Kier molecular flexibility index (Phi) is 5.59. The molecule has 4 heteroatoms. The summed E-state index contributed by atoms with van der Waals surface area (Å²) < 4.78 is 31.0. The summed E-state index contributed by atoms with van der Waals surface area (Å²) >= 11 is 5.01. The van der Waals surface area contributed by atoms with Crippen molar-refractivity contribution in [1.82, 2.24) is 0 Å². The lowest BCUT2D eigenvalue weighted by Crippen LogP contribution is -2.31. The number of aryl methyl sites for hydroxylation is 1. The highest BCUT2D eigenvalue weighted by molar-refractivity contribution is 6.22. The summed E-state index contributed by atoms with van der Waals surface area (Å²) in [5.41, 5.74) is 0.987. The van der Waals surface area contributed by atoms with Gasteiger partial charge < -0.3 is 4.74 Å². The van der Waals surface area contributed by atoms with Crippen molar-refractivity contribution in [1.29, 1.82) is 0 Å². The predicted octanol–water partition coefficient (Wildman–Crippen LogP) is 4.02. The monoisotopic (exact) mass is 260 g/mol. The van der Waals surface area contributed by atoms with E-state index in [1.165, 1.54) is 6.08 Å². The molecule has 1 aromatic carbocycles. The van der Waals surface area contributed by atoms with Gasteiger partial charge >= 0.3 is 5.38 Å². The molecule has 0 aliphatic heterocycles. The topological polar surface area (TPSA) is 9.23 Å². The molecule has 94 valence electrons. The highest BCUT2D eigenvalue weighted by atomic mass is 35.5. The minimum absolute atomic E-state index is 0.0712. The molecule has 1 unspecified atom stereocenters. The van der Waals surface area contributed by atoms with E-state index in [1.807, 2.05) is 30.3 Å². The maximum Gasteiger partial charge on any atom is 0.347 e. The molecule has 0 amide bonds. The van der Waals surface area contributed by atoms with Crippen LogP contribution in [-0.2, 0) is 11.2 Å². The summed E-state index contributed by atoms with van der Waals surface area (Å²) in [6.45, 7) is 3.49. The molecule has 0 saturated carbocycles. The van der Waals surface area contributed by atoms with E-state index < -0.39 is 11.5 Å². The van der Waals surface area contributed by atoms with E-state index in [0.29, 0.717) is 6.42 Å². The van der Waals surface area contributed by atoms with Crippen molar-refractivity contribution in [3.05, 3.63) is 48.6 Å². The largest absolute Gasteiger partial charge is 0.366 e. The summed E-state index contributed by atoms with van der Waals surface area (Å²) in [7, 11) is 0. The number of hydrogen-bond donors (Lipinski definition) is 0. The molecule has 0 bridgehead atoms. The minimum Gasteiger partial charge on any atom is -0.366 e. The third-order valence-electron chi connectivity index (χ3n) is 2.32. The third-order valence-corrected chi connectivity index (χ3v) is 2.56. The molecule has 0 heterocycles. The maximum atomic E-state index is 13.0. The first kappa shape index (κ1) is 14.1. The van der Waals surface area contributed by atoms with Crippen molar-refractivity contribution >= 4 is 11.6 Å². The molecule has 0 aliphatic carbocycles. The second-order valence-corrected chi connectivity index (χ2v) is 4.18. The van der Waals surface area contributed by atoms with E-state index in [0.717, 1.165) is 5.56 Å². The number of rotatable bonds is 7. The number of alkyl halides is 3. The van der Waals surface area contributed by atoms with Crippen molar-refractivity contribution < 1.29 is 13.5 Å². The summed E-state index contributed by atoms with van der Waals surface area (Å²) in [5, 5.41) is -3.35. The fourth-order valence-corrected chi connectivity index (χ4v) is 1.64. The zero-order chi connectivity index (χ0) is 12.7. The molecule has 0 radical (unpaired) electrons. The standard InChI is InChI=1S/C13H15ClF2O/c1-2-10-17-12(13(14,15)16)9-8-11-6-4-3-5-7-11/h2-7,12H,1,8-10H2. The average molecular weight is 261 g/mol. The van der Waals surface area contributed by atoms with Gasteiger partial charge in [-0.25, -0.2) is 0 Å². The average Bonchev–Trinajstić information content (AvgIpc) is 2.29. The molecule has 1 atom stereocenters. The highest BCUT2D eigenvalue weighted by Gasteiger charge is 2.37. The van der Waals surface area contributed by atoms with Gasteiger partial charge in [-0.15, -0.1) is 6.58 Å². The van der Waals surface area contributed by atoms with Crippen molar-refractivity contribution in [3.63, 3.8) is 0 Å². The van der Waals surface area contributed by atoms with E-state index in [-0.39, 0.29) is 13.0 Å². The Balaban J connectivity index is 2.52. The number of halogens is 3. The van der Waals surface area contributed by atoms with Gasteiger partial charge in [0, 0.05) is 0 Å². The summed E-state index contributed by atoms with van der Waals surface area (Å²) in [6, 6.07) is 9.39. The van der Waals surface area contributed by atoms with Crippen LogP contribution in [0.2, 0.25) is 0 Å². The van der Waals surface area contributed by atoms with Gasteiger partial charge in [-0.3, -0.25) is 0 Å². The molecule has 0 saturated heterocycles. The third kappa shape index (κ3) is 5.29. The molecule has 0 aliphatic rings. The fourth-order valence-electron chi connectivity index (χ4n) is 1.47. The number of hydrogen-bond acceptors (Lipinski definition) is 1. The Labute approximate surface area is 105 Å². The van der Waals surface area contributed by atoms with Gasteiger partial charge in [0.1, 0.15) is 6.10 Å². The zero-order valence-electron chi connectivity index (χ0n) is 9.41. The Morgan fingerprint density at radius 2 is 2.00 bits per heavy atom. The normalized spacial score (nSPS) is 13.4. The van der Waals surface area contributed by atoms with E-state index in [1.54, 1.807) is 0 Å². The second kappa shape index (κ2) is 6.72. The van der Waals surface area contributed by atoms with Crippen LogP contribution in [0.15, 0.2) is 43.0 Å². The van der Waals surface area contributed by atoms with Gasteiger partial charge in [0.05, 0.1) is 6.61 Å². The minimum atomic E-state index is -3.35. The smallest absolute Gasteiger partial charge is 0.347 e. The molecule has 0 spiro atoms. The highest BCUT2D eigenvalue weighted by Crippen LogP contribution is 2.29. The molecule has 0 fully saturated rings. The predicted molar refractivity (Wildman–Crippen MR) is 65.5 cm³/mol. The van der Waals surface area contributed by atoms with Gasteiger partial charge in [-0.2, -0.15) is 8.78 Å². The van der Waals surface area contributed by atoms with E-state index >= 15 is 0 Å². The SMILES string of the molecule is C=CCOC(CCc1ccccc1)C(F)(F)Cl. The van der Waals surface area contributed by atoms with Crippen LogP contribution in [0, 0.1) is 0 Å². The Bertz CT molecular complexity index is 335. The van der Waals surface area contributed by atoms with Crippen LogP contribution in [0.4, 0.5) is 8.78 Å². The number of ether oxygens (including phenoxy) is 1. The van der Waals surface area contributed by atoms with Gasteiger partial charge in [-0.1, -0.05) is 36.4 Å². The van der Waals surface area contributed by atoms with Crippen LogP contribution in [0.1, 0.15) is 12.0 Å². The molecular formula is C13H15ClF2O. The van der Waals surface area contributed by atoms with E-state index in [2.05, 4.69) is 6.58 Å². The molecule has 1 nitrogen and oxygen atoms in total. The summed E-state index contributed by atoms with van der Waals surface area (Å²) in [6.07, 6.45) is 0.819. The molecule has 1 rings (SSSR count). The Hall–Kier alpha value is -0.930. The van der Waals surface area contributed by atoms with Crippen LogP contribution in [0.3, 0.4) is 0 Å². The van der Waals surface area contributed by atoms with Gasteiger partial charge in [-0.05, 0) is 30.0 Å². The van der Waals surface area contributed by atoms with Gasteiger partial charge in [0.2, 0.25) is 0 Å². The molecule has 1 aromatic rings. The van der Waals surface area contributed by atoms with Crippen molar-refractivity contribution in [2.24, 2.45) is 0 Å². The molecule has 0 aromatic heterocycles. The van der Waals surface area contributed by atoms with Crippen molar-refractivity contribution in [2.45, 2.75) is 24.3 Å². The lowest BCUT2D eigenvalue weighted by atomic mass is 10.1. The second-order valence-electron chi connectivity index (χ2n) is 3.68. The number of benzene rings is 1. The van der Waals surface area contributed by atoms with Gasteiger partial charge in [0.25, 0.3) is 0 Å². The first-order chi connectivity index (χ1) is 8.04. The Morgan fingerprint density at radius 1 is 1.35 bits per heavy atom. The Morgan fingerprint density at radius 3 is 2.53 bits per heavy atom. The van der Waals surface area contributed by atoms with E-state index in [9.17, 15) is 8.78 Å². The molecular weight excluding hydrogens is 246 g/mol. The van der Waals surface area contributed by atoms with Crippen LogP contribution >= 0.6 is 11.6 Å². The van der Waals surface area contributed by atoms with Crippen molar-refractivity contribution in [3.8, 4) is 0 Å². The van der Waals surface area contributed by atoms with Crippen LogP contribution in [0.5, 0.6) is 0 Å². The quantitative estimate of drug-likeness (QED) is 0.531. The lowest BCUT2D eigenvalue weighted by Gasteiger charge is -2.21. The van der Waals surface area contributed by atoms with Gasteiger partial charge in [0.15, 0.2) is 0 Å². The molecule has 0 N–H and O–H groups in total. The zero-order valence-corrected chi connectivity index (χ0v) is 10.2. The fraction of sp³-hybridized carbons (Fsp3) is 0.385. The lowest BCUT2D eigenvalue weighted by molar-refractivity contribution is -0.0781. The van der Waals surface area contributed by atoms with Crippen LogP contribution in [0.25, 0.3) is 0 Å². The van der Waals surface area contributed by atoms with Crippen molar-refractivity contribution in [2.75, 3.05) is 6.61 Å². The van der Waals surface area contributed by atoms with Crippen LogP contribution < -0.4 is 0 Å². The summed E-state index contributed by atoms with van der Waals surface area (Å²) in [4.78, 5) is 0. The molecule has 17 heavy (non-hydrogen) atoms. The van der Waals surface area contributed by atoms with E-state index in [4.69, 9.17) is 16.3 Å². The maximum absolute atomic E-state index is 13.0. The summed E-state index contributed by atoms with van der Waals surface area (Å²) in [5.74, 6) is 0. The first-order valence-electron chi connectivity index (χ1n) is 5.37. The van der Waals surface area contributed by atoms with Crippen LogP contribution in [-0.4, -0.2) is 18.1 Å².